The summed E-state index contributed by atoms with van der Waals surface area (Å²) in [6, 6.07) is 0. The molecular formula is C10H16N4O2S. The summed E-state index contributed by atoms with van der Waals surface area (Å²) in [4.78, 5) is 23.2. The van der Waals surface area contributed by atoms with Crippen LogP contribution in [0.5, 0.6) is 0 Å². The second-order valence-electron chi connectivity index (χ2n) is 4.36. The fourth-order valence-electron chi connectivity index (χ4n) is 1.65. The Bertz CT molecular complexity index is 544. The van der Waals surface area contributed by atoms with Crippen LogP contribution in [0, 0.1) is 0 Å². The summed E-state index contributed by atoms with van der Waals surface area (Å²) < 4.78 is 2.48. The molecule has 1 saturated carbocycles. The summed E-state index contributed by atoms with van der Waals surface area (Å²) in [5, 5.41) is 7.00. The highest BCUT2D eigenvalue weighted by Gasteiger charge is 2.41. The molecule has 0 amide bonds. The van der Waals surface area contributed by atoms with Gasteiger partial charge in [-0.2, -0.15) is 11.8 Å². The molecular weight excluding hydrogens is 240 g/mol. The molecule has 17 heavy (non-hydrogen) atoms. The second-order valence-corrected chi connectivity index (χ2v) is 5.63. The van der Waals surface area contributed by atoms with Crippen LogP contribution < -0.4 is 16.6 Å². The van der Waals surface area contributed by atoms with Gasteiger partial charge in [-0.15, -0.1) is 5.10 Å². The van der Waals surface area contributed by atoms with Gasteiger partial charge in [0.05, 0.1) is 0 Å². The quantitative estimate of drug-likeness (QED) is 0.807. The van der Waals surface area contributed by atoms with Crippen LogP contribution in [0.2, 0.25) is 0 Å². The highest BCUT2D eigenvalue weighted by Crippen LogP contribution is 2.46. The Kier molecular flexibility index (Phi) is 3.03. The summed E-state index contributed by atoms with van der Waals surface area (Å²) in [5.74, 6) is 0.245. The van der Waals surface area contributed by atoms with Crippen LogP contribution in [0.15, 0.2) is 9.59 Å². The largest absolute Gasteiger partial charge is 0.363 e. The number of hydrogen-bond acceptors (Lipinski definition) is 5. The monoisotopic (exact) mass is 256 g/mol. The number of hydrogen-bond donors (Lipinski definition) is 1. The van der Waals surface area contributed by atoms with Gasteiger partial charge < -0.3 is 5.32 Å². The van der Waals surface area contributed by atoms with Gasteiger partial charge in [0, 0.05) is 25.4 Å². The van der Waals surface area contributed by atoms with Crippen molar-refractivity contribution in [2.45, 2.75) is 17.6 Å². The number of aromatic nitrogens is 3. The van der Waals surface area contributed by atoms with Crippen LogP contribution >= 0.6 is 11.8 Å². The SMILES string of the molecule is CSC1(CNc2nn(C)c(=O)n(C)c2=O)CC1. The minimum atomic E-state index is -0.411. The van der Waals surface area contributed by atoms with Crippen molar-refractivity contribution in [3.8, 4) is 0 Å². The Hall–Kier alpha value is -1.24. The number of anilines is 1. The van der Waals surface area contributed by atoms with Gasteiger partial charge in [0.15, 0.2) is 0 Å². The van der Waals surface area contributed by atoms with Crippen LogP contribution in [0.4, 0.5) is 5.82 Å². The van der Waals surface area contributed by atoms with Crippen LogP contribution in [0.3, 0.4) is 0 Å². The molecule has 0 bridgehead atoms. The molecule has 1 aliphatic rings. The summed E-state index contributed by atoms with van der Waals surface area (Å²) in [5.41, 5.74) is -0.781. The molecule has 1 aromatic rings. The molecule has 2 rings (SSSR count). The third-order valence-corrected chi connectivity index (χ3v) is 4.56. The zero-order chi connectivity index (χ0) is 12.6. The number of aryl methyl sites for hydroxylation is 1. The second kappa shape index (κ2) is 4.21. The smallest absolute Gasteiger partial charge is 0.346 e. The van der Waals surface area contributed by atoms with Gasteiger partial charge in [0.1, 0.15) is 0 Å². The van der Waals surface area contributed by atoms with E-state index in [1.807, 2.05) is 11.8 Å². The molecule has 1 aromatic heterocycles. The van der Waals surface area contributed by atoms with E-state index in [0.717, 1.165) is 17.4 Å². The van der Waals surface area contributed by atoms with Crippen LogP contribution in [0.1, 0.15) is 12.8 Å². The minimum absolute atomic E-state index is 0.245. The van der Waals surface area contributed by atoms with E-state index in [2.05, 4.69) is 16.7 Å². The fraction of sp³-hybridized carbons (Fsp3) is 0.700. The van der Waals surface area contributed by atoms with Crippen molar-refractivity contribution in [1.82, 2.24) is 14.3 Å². The molecule has 94 valence electrons. The molecule has 1 aliphatic carbocycles. The number of thioether (sulfide) groups is 1. The first-order valence-corrected chi connectivity index (χ1v) is 6.65. The van der Waals surface area contributed by atoms with E-state index in [-0.39, 0.29) is 16.1 Å². The first-order valence-electron chi connectivity index (χ1n) is 5.42. The average Bonchev–Trinajstić information content (AvgIpc) is 3.10. The summed E-state index contributed by atoms with van der Waals surface area (Å²) >= 11 is 1.81. The van der Waals surface area contributed by atoms with Crippen molar-refractivity contribution in [2.75, 3.05) is 18.1 Å². The van der Waals surface area contributed by atoms with Gasteiger partial charge in [0.2, 0.25) is 5.82 Å². The van der Waals surface area contributed by atoms with E-state index < -0.39 is 5.69 Å². The van der Waals surface area contributed by atoms with E-state index >= 15 is 0 Å². The Morgan fingerprint density at radius 1 is 1.41 bits per heavy atom. The highest BCUT2D eigenvalue weighted by atomic mass is 32.2. The zero-order valence-electron chi connectivity index (χ0n) is 10.2. The molecule has 6 nitrogen and oxygen atoms in total. The predicted molar refractivity (Wildman–Crippen MR) is 68.7 cm³/mol. The molecule has 7 heteroatoms. The number of nitrogens with one attached hydrogen (secondary N) is 1. The summed E-state index contributed by atoms with van der Waals surface area (Å²) in [6.45, 7) is 0.717. The van der Waals surface area contributed by atoms with Crippen molar-refractivity contribution >= 4 is 17.6 Å². The lowest BCUT2D eigenvalue weighted by atomic mass is 10.4. The van der Waals surface area contributed by atoms with E-state index in [0.29, 0.717) is 6.54 Å². The first kappa shape index (κ1) is 12.2. The lowest BCUT2D eigenvalue weighted by Crippen LogP contribution is -2.40. The maximum Gasteiger partial charge on any atom is 0.346 e. The summed E-state index contributed by atoms with van der Waals surface area (Å²) in [6.07, 6.45) is 4.39. The molecule has 0 atom stereocenters. The lowest BCUT2D eigenvalue weighted by molar-refractivity contribution is 0.604. The predicted octanol–water partition coefficient (Wildman–Crippen LogP) is -0.214. The van der Waals surface area contributed by atoms with Crippen LogP contribution in [0.25, 0.3) is 0 Å². The minimum Gasteiger partial charge on any atom is -0.363 e. The van der Waals surface area contributed by atoms with Crippen molar-refractivity contribution in [1.29, 1.82) is 0 Å². The Morgan fingerprint density at radius 2 is 2.06 bits per heavy atom. The number of nitrogens with zero attached hydrogens (tertiary/aromatic N) is 3. The van der Waals surface area contributed by atoms with E-state index in [9.17, 15) is 9.59 Å². The van der Waals surface area contributed by atoms with Crippen molar-refractivity contribution in [2.24, 2.45) is 14.1 Å². The topological polar surface area (TPSA) is 68.9 Å². The van der Waals surface area contributed by atoms with Gasteiger partial charge >= 0.3 is 5.69 Å². The fourth-order valence-corrected chi connectivity index (χ4v) is 2.37. The molecule has 0 aromatic carbocycles. The van der Waals surface area contributed by atoms with Gasteiger partial charge in [-0.25, -0.2) is 9.48 Å². The van der Waals surface area contributed by atoms with E-state index in [1.165, 1.54) is 18.8 Å². The lowest BCUT2D eigenvalue weighted by Gasteiger charge is -2.13. The average molecular weight is 256 g/mol. The van der Waals surface area contributed by atoms with Crippen molar-refractivity contribution in [3.05, 3.63) is 20.8 Å². The highest BCUT2D eigenvalue weighted by molar-refractivity contribution is 8.00. The van der Waals surface area contributed by atoms with Crippen LogP contribution in [-0.4, -0.2) is 31.9 Å². The Balaban J connectivity index is 2.22. The molecule has 1 fully saturated rings. The Morgan fingerprint density at radius 3 is 2.59 bits per heavy atom. The van der Waals surface area contributed by atoms with Gasteiger partial charge in [-0.05, 0) is 19.1 Å². The third-order valence-electron chi connectivity index (χ3n) is 3.14. The maximum atomic E-state index is 11.8. The molecule has 0 spiro atoms. The molecule has 0 unspecified atom stereocenters. The molecule has 1 N–H and O–H groups in total. The van der Waals surface area contributed by atoms with E-state index in [1.54, 1.807) is 0 Å². The standard InChI is InChI=1S/C10H16N4O2S/c1-13-8(15)7(12-14(2)9(13)16)11-6-10(17-3)4-5-10/h4-6H2,1-3H3,(H,11,12). The van der Waals surface area contributed by atoms with Crippen LogP contribution in [-0.2, 0) is 14.1 Å². The zero-order valence-corrected chi connectivity index (χ0v) is 11.0. The van der Waals surface area contributed by atoms with Gasteiger partial charge in [0.25, 0.3) is 5.56 Å². The number of rotatable bonds is 4. The molecule has 0 saturated heterocycles. The Labute approximate surface area is 103 Å². The normalized spacial score (nSPS) is 16.9. The molecule has 0 radical (unpaired) electrons. The first-order chi connectivity index (χ1) is 7.99. The van der Waals surface area contributed by atoms with Crippen molar-refractivity contribution < 1.29 is 0 Å². The summed E-state index contributed by atoms with van der Waals surface area (Å²) in [7, 11) is 2.99. The van der Waals surface area contributed by atoms with Crippen molar-refractivity contribution in [3.63, 3.8) is 0 Å². The van der Waals surface area contributed by atoms with E-state index in [4.69, 9.17) is 0 Å². The maximum absolute atomic E-state index is 11.8. The molecule has 0 aliphatic heterocycles. The van der Waals surface area contributed by atoms with Gasteiger partial charge in [-0.1, -0.05) is 0 Å². The van der Waals surface area contributed by atoms with Gasteiger partial charge in [-0.3, -0.25) is 9.36 Å². The molecule has 1 heterocycles. The third kappa shape index (κ3) is 2.24.